The molecule has 0 aliphatic carbocycles. The molecular formula is C20H22N4O3S. The summed E-state index contributed by atoms with van der Waals surface area (Å²) in [5.41, 5.74) is 0.273. The van der Waals surface area contributed by atoms with E-state index in [-0.39, 0.29) is 11.2 Å². The zero-order valence-electron chi connectivity index (χ0n) is 15.9. The van der Waals surface area contributed by atoms with Gasteiger partial charge in [-0.05, 0) is 35.9 Å². The van der Waals surface area contributed by atoms with Crippen LogP contribution in [0.3, 0.4) is 0 Å². The monoisotopic (exact) mass is 398 g/mol. The van der Waals surface area contributed by atoms with Crippen LogP contribution in [0.25, 0.3) is 16.0 Å². The first-order valence-electron chi connectivity index (χ1n) is 9.33. The lowest BCUT2D eigenvalue weighted by Gasteiger charge is -2.09. The first kappa shape index (κ1) is 18.5. The smallest absolute Gasteiger partial charge is 0.352 e. The van der Waals surface area contributed by atoms with E-state index in [1.165, 1.54) is 20.4 Å². The summed E-state index contributed by atoms with van der Waals surface area (Å²) in [6, 6.07) is 11.2. The number of rotatable bonds is 7. The van der Waals surface area contributed by atoms with E-state index >= 15 is 0 Å². The van der Waals surface area contributed by atoms with Crippen molar-refractivity contribution >= 4 is 27.3 Å². The zero-order valence-corrected chi connectivity index (χ0v) is 16.7. The molecule has 0 amide bonds. The van der Waals surface area contributed by atoms with Crippen molar-refractivity contribution < 1.29 is 4.74 Å². The maximum absolute atomic E-state index is 13.0. The first-order valence-corrected chi connectivity index (χ1v) is 10.2. The highest BCUT2D eigenvalue weighted by molar-refractivity contribution is 7.17. The number of para-hydroxylation sites is 1. The molecule has 4 rings (SSSR count). The van der Waals surface area contributed by atoms with Crippen LogP contribution in [-0.4, -0.2) is 25.4 Å². The Hall–Kier alpha value is -2.87. The normalized spacial score (nSPS) is 11.7. The molecule has 3 heterocycles. The third-order valence-electron chi connectivity index (χ3n) is 4.63. The summed E-state index contributed by atoms with van der Waals surface area (Å²) in [6.07, 6.45) is 0.838. The fourth-order valence-corrected chi connectivity index (χ4v) is 3.96. The molecule has 3 aromatic heterocycles. The third kappa shape index (κ3) is 3.35. The average molecular weight is 398 g/mol. The van der Waals surface area contributed by atoms with Crippen LogP contribution < -0.4 is 16.0 Å². The molecule has 0 bridgehead atoms. The van der Waals surface area contributed by atoms with Crippen LogP contribution in [0.2, 0.25) is 0 Å². The molecule has 1 aromatic carbocycles. The van der Waals surface area contributed by atoms with E-state index in [1.807, 2.05) is 35.7 Å². The highest BCUT2D eigenvalue weighted by Crippen LogP contribution is 2.18. The third-order valence-corrected chi connectivity index (χ3v) is 5.53. The molecule has 8 heteroatoms. The Bertz CT molecular complexity index is 1220. The van der Waals surface area contributed by atoms with Gasteiger partial charge in [-0.3, -0.25) is 9.36 Å². The number of hydrogen-bond acceptors (Lipinski definition) is 5. The Balaban J connectivity index is 1.73. The Morgan fingerprint density at radius 1 is 1.11 bits per heavy atom. The predicted octanol–water partition coefficient (Wildman–Crippen LogP) is 3.00. The van der Waals surface area contributed by atoms with Gasteiger partial charge in [0.15, 0.2) is 0 Å². The average Bonchev–Trinajstić information content (AvgIpc) is 3.28. The van der Waals surface area contributed by atoms with Crippen molar-refractivity contribution in [2.24, 2.45) is 5.92 Å². The van der Waals surface area contributed by atoms with Gasteiger partial charge in [0, 0.05) is 6.54 Å². The van der Waals surface area contributed by atoms with Crippen LogP contribution in [0.5, 0.6) is 5.75 Å². The largest absolute Gasteiger partial charge is 0.492 e. The van der Waals surface area contributed by atoms with Crippen molar-refractivity contribution in [3.05, 3.63) is 62.6 Å². The van der Waals surface area contributed by atoms with Crippen LogP contribution in [0.4, 0.5) is 0 Å². The number of aryl methyl sites for hydroxylation is 1. The van der Waals surface area contributed by atoms with Crippen LogP contribution in [0.1, 0.15) is 20.3 Å². The first-order chi connectivity index (χ1) is 13.6. The van der Waals surface area contributed by atoms with Gasteiger partial charge in [0.1, 0.15) is 17.1 Å². The molecule has 0 aliphatic heterocycles. The highest BCUT2D eigenvalue weighted by Gasteiger charge is 2.18. The van der Waals surface area contributed by atoms with E-state index < -0.39 is 0 Å². The van der Waals surface area contributed by atoms with Gasteiger partial charge in [-0.1, -0.05) is 32.0 Å². The molecule has 0 spiro atoms. The minimum atomic E-state index is -0.256. The van der Waals surface area contributed by atoms with Crippen LogP contribution in [0.15, 0.2) is 51.4 Å². The minimum Gasteiger partial charge on any atom is -0.492 e. The standard InChI is InChI=1S/C20H22N4O3S/c1-14(2)8-10-22-18(25)17-16(9-13-28-17)24-19(22)21-23(20(24)26)11-12-27-15-6-4-3-5-7-15/h3-7,9,13-14H,8,10-12H2,1-2H3. The zero-order chi connectivity index (χ0) is 19.7. The van der Waals surface area contributed by atoms with E-state index in [2.05, 4.69) is 18.9 Å². The summed E-state index contributed by atoms with van der Waals surface area (Å²) < 4.78 is 10.8. The fraction of sp³-hybridized carbons (Fsp3) is 0.350. The Morgan fingerprint density at radius 2 is 1.89 bits per heavy atom. The second kappa shape index (κ2) is 7.63. The Morgan fingerprint density at radius 3 is 2.64 bits per heavy atom. The minimum absolute atomic E-state index is 0.0872. The molecule has 28 heavy (non-hydrogen) atoms. The Labute approximate surface area is 165 Å². The van der Waals surface area contributed by atoms with E-state index in [1.54, 1.807) is 10.6 Å². The number of benzene rings is 1. The van der Waals surface area contributed by atoms with E-state index in [0.717, 1.165) is 12.2 Å². The second-order valence-corrected chi connectivity index (χ2v) is 7.99. The molecule has 0 radical (unpaired) electrons. The van der Waals surface area contributed by atoms with Gasteiger partial charge in [0.05, 0.1) is 12.1 Å². The van der Waals surface area contributed by atoms with Crippen molar-refractivity contribution in [2.45, 2.75) is 33.4 Å². The topological polar surface area (TPSA) is 70.5 Å². The van der Waals surface area contributed by atoms with Gasteiger partial charge in [-0.25, -0.2) is 13.9 Å². The number of hydrogen-bond donors (Lipinski definition) is 0. The molecule has 0 N–H and O–H groups in total. The van der Waals surface area contributed by atoms with Gasteiger partial charge >= 0.3 is 5.69 Å². The van der Waals surface area contributed by atoms with Crippen molar-refractivity contribution in [1.82, 2.24) is 18.7 Å². The quantitative estimate of drug-likeness (QED) is 0.480. The Kier molecular flexibility index (Phi) is 5.04. The molecule has 0 aliphatic rings. The SMILES string of the molecule is CC(C)CCn1c(=O)c2sccc2n2c(=O)n(CCOc3ccccc3)nc12. The predicted molar refractivity (Wildman–Crippen MR) is 110 cm³/mol. The molecule has 0 saturated carbocycles. The van der Waals surface area contributed by atoms with Gasteiger partial charge in [-0.15, -0.1) is 16.4 Å². The maximum Gasteiger partial charge on any atom is 0.352 e. The lowest BCUT2D eigenvalue weighted by molar-refractivity contribution is 0.289. The number of ether oxygens (including phenoxy) is 1. The molecular weight excluding hydrogens is 376 g/mol. The van der Waals surface area contributed by atoms with Gasteiger partial charge in [0.25, 0.3) is 5.56 Å². The van der Waals surface area contributed by atoms with Gasteiger partial charge in [-0.2, -0.15) is 0 Å². The van der Waals surface area contributed by atoms with Gasteiger partial charge < -0.3 is 4.74 Å². The summed E-state index contributed by atoms with van der Waals surface area (Å²) in [6.45, 7) is 5.37. The number of fused-ring (bicyclic) bond motifs is 3. The molecule has 0 unspecified atom stereocenters. The molecule has 0 saturated heterocycles. The molecule has 0 atom stereocenters. The summed E-state index contributed by atoms with van der Waals surface area (Å²) in [5, 5.41) is 6.30. The highest BCUT2D eigenvalue weighted by atomic mass is 32.1. The van der Waals surface area contributed by atoms with E-state index in [9.17, 15) is 9.59 Å². The second-order valence-electron chi connectivity index (χ2n) is 7.08. The number of aromatic nitrogens is 4. The summed E-state index contributed by atoms with van der Waals surface area (Å²) in [7, 11) is 0. The van der Waals surface area contributed by atoms with Crippen LogP contribution >= 0.6 is 11.3 Å². The summed E-state index contributed by atoms with van der Waals surface area (Å²) in [5.74, 6) is 1.58. The molecule has 4 aromatic rings. The van der Waals surface area contributed by atoms with Crippen LogP contribution in [0, 0.1) is 5.92 Å². The molecule has 0 fully saturated rings. The number of nitrogens with zero attached hydrogens (tertiary/aromatic N) is 4. The summed E-state index contributed by atoms with van der Waals surface area (Å²) >= 11 is 1.36. The fourth-order valence-electron chi connectivity index (χ4n) is 3.14. The lowest BCUT2D eigenvalue weighted by Crippen LogP contribution is -2.26. The van der Waals surface area contributed by atoms with Crippen molar-refractivity contribution in [3.63, 3.8) is 0 Å². The van der Waals surface area contributed by atoms with Crippen LogP contribution in [-0.2, 0) is 13.1 Å². The molecule has 146 valence electrons. The van der Waals surface area contributed by atoms with Crippen molar-refractivity contribution in [2.75, 3.05) is 6.61 Å². The summed E-state index contributed by atoms with van der Waals surface area (Å²) in [4.78, 5) is 25.9. The van der Waals surface area contributed by atoms with Crippen molar-refractivity contribution in [3.8, 4) is 5.75 Å². The maximum atomic E-state index is 13.0. The molecule has 7 nitrogen and oxygen atoms in total. The van der Waals surface area contributed by atoms with Gasteiger partial charge in [0.2, 0.25) is 5.78 Å². The van der Waals surface area contributed by atoms with E-state index in [0.29, 0.717) is 41.6 Å². The van der Waals surface area contributed by atoms with Crippen molar-refractivity contribution in [1.29, 1.82) is 0 Å². The van der Waals surface area contributed by atoms with E-state index in [4.69, 9.17) is 4.74 Å². The lowest BCUT2D eigenvalue weighted by atomic mass is 10.1. The number of thiophene rings is 1.